The third-order valence-electron chi connectivity index (χ3n) is 6.45. The van der Waals surface area contributed by atoms with Gasteiger partial charge in [0.15, 0.2) is 0 Å². The van der Waals surface area contributed by atoms with Gasteiger partial charge in [-0.3, -0.25) is 9.69 Å². The first-order valence-corrected chi connectivity index (χ1v) is 11.1. The van der Waals surface area contributed by atoms with Gasteiger partial charge in [-0.25, -0.2) is 0 Å². The lowest BCUT2D eigenvalue weighted by Gasteiger charge is -2.32. The molecule has 2 heterocycles. The summed E-state index contributed by atoms with van der Waals surface area (Å²) in [7, 11) is 2.15. The monoisotopic (exact) mass is 391 g/mol. The highest BCUT2D eigenvalue weighted by molar-refractivity contribution is 5.95. The summed E-state index contributed by atoms with van der Waals surface area (Å²) < 4.78 is 0. The first-order valence-electron chi connectivity index (χ1n) is 11.1. The molecule has 0 aromatic heterocycles. The van der Waals surface area contributed by atoms with E-state index in [0.29, 0.717) is 5.92 Å². The number of piperidine rings is 1. The summed E-state index contributed by atoms with van der Waals surface area (Å²) >= 11 is 0. The summed E-state index contributed by atoms with van der Waals surface area (Å²) in [6, 6.07) is 16.9. The minimum atomic E-state index is 0.0754. The number of anilines is 1. The number of nitrogens with one attached hydrogen (secondary N) is 1. The van der Waals surface area contributed by atoms with E-state index >= 15 is 0 Å². The van der Waals surface area contributed by atoms with E-state index in [1.54, 1.807) is 0 Å². The molecular formula is C25H33N3O. The second-order valence-corrected chi connectivity index (χ2v) is 8.64. The van der Waals surface area contributed by atoms with Gasteiger partial charge in [0.25, 0.3) is 5.91 Å². The zero-order valence-electron chi connectivity index (χ0n) is 17.6. The SMILES string of the molecule is CN1CCCCc2cc(C(=O)NCC3CCN(Cc4ccccc4)CC3)ccc21. The van der Waals surface area contributed by atoms with Crippen LogP contribution in [-0.4, -0.2) is 44.0 Å². The van der Waals surface area contributed by atoms with E-state index in [9.17, 15) is 4.79 Å². The van der Waals surface area contributed by atoms with Gasteiger partial charge in [0, 0.05) is 37.9 Å². The molecule has 2 aromatic rings. The highest BCUT2D eigenvalue weighted by Crippen LogP contribution is 2.26. The van der Waals surface area contributed by atoms with Gasteiger partial charge in [0.05, 0.1) is 0 Å². The molecule has 0 spiro atoms. The molecule has 2 aliphatic rings. The Balaban J connectivity index is 1.26. The summed E-state index contributed by atoms with van der Waals surface area (Å²) in [5, 5.41) is 3.20. The fourth-order valence-electron chi connectivity index (χ4n) is 4.61. The van der Waals surface area contributed by atoms with Crippen molar-refractivity contribution in [2.45, 2.75) is 38.6 Å². The number of nitrogens with zero attached hydrogens (tertiary/aromatic N) is 2. The molecule has 154 valence electrons. The first-order chi connectivity index (χ1) is 14.2. The maximum absolute atomic E-state index is 12.7. The second kappa shape index (κ2) is 9.45. The predicted molar refractivity (Wildman–Crippen MR) is 119 cm³/mol. The molecule has 0 saturated carbocycles. The van der Waals surface area contributed by atoms with Gasteiger partial charge >= 0.3 is 0 Å². The van der Waals surface area contributed by atoms with Crippen LogP contribution in [0.1, 0.15) is 47.2 Å². The van der Waals surface area contributed by atoms with Crippen LogP contribution >= 0.6 is 0 Å². The van der Waals surface area contributed by atoms with Crippen molar-refractivity contribution < 1.29 is 4.79 Å². The van der Waals surface area contributed by atoms with Crippen LogP contribution in [0.3, 0.4) is 0 Å². The van der Waals surface area contributed by atoms with Crippen LogP contribution in [0.15, 0.2) is 48.5 Å². The number of rotatable bonds is 5. The number of benzene rings is 2. The van der Waals surface area contributed by atoms with Crippen LogP contribution < -0.4 is 10.2 Å². The number of carbonyl (C=O) groups excluding carboxylic acids is 1. The van der Waals surface area contributed by atoms with Gasteiger partial charge in [0.2, 0.25) is 0 Å². The summed E-state index contributed by atoms with van der Waals surface area (Å²) in [6.07, 6.45) is 5.80. The van der Waals surface area contributed by atoms with E-state index in [-0.39, 0.29) is 5.91 Å². The van der Waals surface area contributed by atoms with Gasteiger partial charge in [-0.2, -0.15) is 0 Å². The fraction of sp³-hybridized carbons (Fsp3) is 0.480. The van der Waals surface area contributed by atoms with Crippen molar-refractivity contribution in [2.75, 3.05) is 38.1 Å². The topological polar surface area (TPSA) is 35.6 Å². The Labute approximate surface area is 174 Å². The molecule has 0 bridgehead atoms. The van der Waals surface area contributed by atoms with Crippen LogP contribution in [0.5, 0.6) is 0 Å². The molecule has 29 heavy (non-hydrogen) atoms. The van der Waals surface area contributed by atoms with E-state index < -0.39 is 0 Å². The Hall–Kier alpha value is -2.33. The van der Waals surface area contributed by atoms with Gasteiger partial charge in [0.1, 0.15) is 0 Å². The summed E-state index contributed by atoms with van der Waals surface area (Å²) in [4.78, 5) is 17.5. The molecule has 1 saturated heterocycles. The molecule has 1 N–H and O–H groups in total. The van der Waals surface area contributed by atoms with E-state index in [0.717, 1.165) is 57.5 Å². The van der Waals surface area contributed by atoms with E-state index in [4.69, 9.17) is 0 Å². The third-order valence-corrected chi connectivity index (χ3v) is 6.45. The summed E-state index contributed by atoms with van der Waals surface area (Å²) in [5.74, 6) is 0.657. The number of hydrogen-bond acceptors (Lipinski definition) is 3. The standard InChI is InChI=1S/C25H33N3O/c1-27-14-6-5-9-22-17-23(10-11-24(22)27)25(29)26-18-20-12-15-28(16-13-20)19-21-7-3-2-4-8-21/h2-4,7-8,10-11,17,20H,5-6,9,12-16,18-19H2,1H3,(H,26,29). The minimum absolute atomic E-state index is 0.0754. The molecule has 2 aromatic carbocycles. The lowest BCUT2D eigenvalue weighted by Crippen LogP contribution is -2.38. The van der Waals surface area contributed by atoms with E-state index in [1.165, 1.54) is 29.7 Å². The summed E-state index contributed by atoms with van der Waals surface area (Å²) in [5.41, 5.74) is 4.78. The molecule has 4 rings (SSSR count). The first kappa shape index (κ1) is 20.0. The Morgan fingerprint density at radius 2 is 1.83 bits per heavy atom. The molecule has 0 unspecified atom stereocenters. The predicted octanol–water partition coefficient (Wildman–Crippen LogP) is 4.10. The number of likely N-dealkylation sites (tertiary alicyclic amines) is 1. The molecule has 0 atom stereocenters. The van der Waals surface area contributed by atoms with Gasteiger partial charge in [-0.15, -0.1) is 0 Å². The van der Waals surface area contributed by atoms with Crippen LogP contribution in [0, 0.1) is 5.92 Å². The Morgan fingerprint density at radius 3 is 2.62 bits per heavy atom. The molecule has 2 aliphatic heterocycles. The number of amides is 1. The number of aryl methyl sites for hydroxylation is 1. The van der Waals surface area contributed by atoms with Crippen molar-refractivity contribution in [3.63, 3.8) is 0 Å². The Bertz CT molecular complexity index is 812. The van der Waals surface area contributed by atoms with Gasteiger partial charge < -0.3 is 10.2 Å². The lowest BCUT2D eigenvalue weighted by atomic mass is 9.96. The number of carbonyl (C=O) groups is 1. The maximum Gasteiger partial charge on any atom is 0.251 e. The van der Waals surface area contributed by atoms with Crippen molar-refractivity contribution in [2.24, 2.45) is 5.92 Å². The molecular weight excluding hydrogens is 358 g/mol. The van der Waals surface area contributed by atoms with Crippen molar-refractivity contribution in [1.82, 2.24) is 10.2 Å². The molecule has 0 radical (unpaired) electrons. The number of fused-ring (bicyclic) bond motifs is 1. The molecule has 1 amide bonds. The zero-order valence-corrected chi connectivity index (χ0v) is 17.6. The van der Waals surface area contributed by atoms with Crippen LogP contribution in [0.4, 0.5) is 5.69 Å². The third kappa shape index (κ3) is 5.18. The second-order valence-electron chi connectivity index (χ2n) is 8.64. The van der Waals surface area contributed by atoms with Crippen molar-refractivity contribution in [3.8, 4) is 0 Å². The average molecular weight is 392 g/mol. The molecule has 4 nitrogen and oxygen atoms in total. The molecule has 0 aliphatic carbocycles. The normalized spacial score (nSPS) is 18.2. The Morgan fingerprint density at radius 1 is 1.03 bits per heavy atom. The number of hydrogen-bond donors (Lipinski definition) is 1. The highest BCUT2D eigenvalue weighted by Gasteiger charge is 2.20. The summed E-state index contributed by atoms with van der Waals surface area (Å²) in [6.45, 7) is 5.14. The smallest absolute Gasteiger partial charge is 0.251 e. The average Bonchev–Trinajstić information content (AvgIpc) is 2.94. The van der Waals surface area contributed by atoms with Gasteiger partial charge in [-0.1, -0.05) is 30.3 Å². The van der Waals surface area contributed by atoms with Crippen molar-refractivity contribution in [3.05, 3.63) is 65.2 Å². The quantitative estimate of drug-likeness (QED) is 0.833. The van der Waals surface area contributed by atoms with Crippen molar-refractivity contribution in [1.29, 1.82) is 0 Å². The zero-order chi connectivity index (χ0) is 20.1. The molecule has 4 heteroatoms. The van der Waals surface area contributed by atoms with E-state index in [2.05, 4.69) is 64.6 Å². The van der Waals surface area contributed by atoms with Crippen LogP contribution in [0.25, 0.3) is 0 Å². The lowest BCUT2D eigenvalue weighted by molar-refractivity contribution is 0.0935. The fourth-order valence-corrected chi connectivity index (χ4v) is 4.61. The maximum atomic E-state index is 12.7. The van der Waals surface area contributed by atoms with Gasteiger partial charge in [-0.05, 0) is 80.4 Å². The highest BCUT2D eigenvalue weighted by atomic mass is 16.1. The van der Waals surface area contributed by atoms with Crippen LogP contribution in [-0.2, 0) is 13.0 Å². The van der Waals surface area contributed by atoms with Crippen LogP contribution in [0.2, 0.25) is 0 Å². The largest absolute Gasteiger partial charge is 0.374 e. The Kier molecular flexibility index (Phi) is 6.50. The minimum Gasteiger partial charge on any atom is -0.374 e. The van der Waals surface area contributed by atoms with Crippen molar-refractivity contribution >= 4 is 11.6 Å². The van der Waals surface area contributed by atoms with E-state index in [1.807, 2.05) is 6.07 Å². The molecule has 1 fully saturated rings.